The highest BCUT2D eigenvalue weighted by Crippen LogP contribution is 2.31. The van der Waals surface area contributed by atoms with Crippen LogP contribution in [-0.4, -0.2) is 52.5 Å². The second-order valence-corrected chi connectivity index (χ2v) is 6.45. The van der Waals surface area contributed by atoms with E-state index < -0.39 is 5.56 Å². The number of benzene rings is 1. The summed E-state index contributed by atoms with van der Waals surface area (Å²) in [6.45, 7) is 3.81. The third kappa shape index (κ3) is 3.85. The minimum Gasteiger partial charge on any atom is -0.507 e. The molecule has 1 aromatic heterocycles. The van der Waals surface area contributed by atoms with Gasteiger partial charge in [-0.05, 0) is 24.0 Å². The number of nitrogens with one attached hydrogen (secondary N) is 1. The van der Waals surface area contributed by atoms with Crippen LogP contribution in [0.1, 0.15) is 11.1 Å². The van der Waals surface area contributed by atoms with Crippen LogP contribution in [0.2, 0.25) is 0 Å². The van der Waals surface area contributed by atoms with Gasteiger partial charge in [0, 0.05) is 25.2 Å². The van der Waals surface area contributed by atoms with E-state index in [1.807, 2.05) is 12.1 Å². The van der Waals surface area contributed by atoms with Crippen LogP contribution < -0.4 is 5.56 Å². The Bertz CT molecular complexity index is 869. The largest absolute Gasteiger partial charge is 0.507 e. The number of ether oxygens (including phenoxy) is 1. The summed E-state index contributed by atoms with van der Waals surface area (Å²) >= 11 is 1.27. The molecule has 1 aliphatic rings. The Labute approximate surface area is 149 Å². The first-order valence-electron chi connectivity index (χ1n) is 7.83. The standard InChI is InChI=1S/C17H18N4O3S/c1-25-17-19-15(13(9-18)16(23)20-17)12-8-11(2-3-14(12)22)10-21-4-6-24-7-5-21/h2-3,8,22H,4-7,10H2,1H3,(H,19,20,23). The molecular weight excluding hydrogens is 340 g/mol. The molecule has 0 unspecified atom stereocenters. The average Bonchev–Trinajstić information content (AvgIpc) is 2.63. The van der Waals surface area contributed by atoms with Crippen molar-refractivity contribution in [3.8, 4) is 23.1 Å². The molecule has 0 bridgehead atoms. The number of thioether (sulfide) groups is 1. The van der Waals surface area contributed by atoms with E-state index in [2.05, 4.69) is 14.9 Å². The van der Waals surface area contributed by atoms with Crippen LogP contribution in [-0.2, 0) is 11.3 Å². The second kappa shape index (κ2) is 7.70. The van der Waals surface area contributed by atoms with Crippen LogP contribution in [0.15, 0.2) is 28.2 Å². The molecule has 1 aromatic carbocycles. The predicted octanol–water partition coefficient (Wildman–Crippen LogP) is 1.57. The van der Waals surface area contributed by atoms with Crippen molar-refractivity contribution in [1.82, 2.24) is 14.9 Å². The molecule has 2 aromatic rings. The minimum absolute atomic E-state index is 0.00706. The summed E-state index contributed by atoms with van der Waals surface area (Å²) < 4.78 is 5.35. The number of phenols is 1. The van der Waals surface area contributed by atoms with Gasteiger partial charge in [0.05, 0.1) is 13.2 Å². The highest BCUT2D eigenvalue weighted by Gasteiger charge is 2.18. The number of nitriles is 1. The molecule has 2 N–H and O–H groups in total. The number of H-pyrrole nitrogens is 1. The summed E-state index contributed by atoms with van der Waals surface area (Å²) in [5, 5.41) is 20.0. The maximum absolute atomic E-state index is 12.1. The molecule has 25 heavy (non-hydrogen) atoms. The Morgan fingerprint density at radius 1 is 1.44 bits per heavy atom. The Balaban J connectivity index is 2.02. The molecule has 0 aliphatic carbocycles. The molecule has 0 saturated carbocycles. The summed E-state index contributed by atoms with van der Waals surface area (Å²) in [6, 6.07) is 7.09. The molecule has 0 amide bonds. The van der Waals surface area contributed by atoms with E-state index in [-0.39, 0.29) is 17.0 Å². The highest BCUT2D eigenvalue weighted by atomic mass is 32.2. The van der Waals surface area contributed by atoms with Crippen molar-refractivity contribution in [2.24, 2.45) is 0 Å². The number of aromatic amines is 1. The molecule has 1 saturated heterocycles. The molecule has 1 fully saturated rings. The van der Waals surface area contributed by atoms with E-state index in [0.717, 1.165) is 18.7 Å². The Kier molecular flexibility index (Phi) is 5.38. The number of phenolic OH excluding ortho intramolecular Hbond substituents is 1. The molecule has 0 spiro atoms. The van der Waals surface area contributed by atoms with Gasteiger partial charge in [0.1, 0.15) is 23.1 Å². The quantitative estimate of drug-likeness (QED) is 0.632. The van der Waals surface area contributed by atoms with Crippen LogP contribution in [0, 0.1) is 11.3 Å². The van der Waals surface area contributed by atoms with Crippen molar-refractivity contribution in [2.45, 2.75) is 11.7 Å². The van der Waals surface area contributed by atoms with Gasteiger partial charge in [-0.15, -0.1) is 0 Å². The van der Waals surface area contributed by atoms with Gasteiger partial charge < -0.3 is 14.8 Å². The van der Waals surface area contributed by atoms with E-state index in [1.165, 1.54) is 11.8 Å². The summed E-state index contributed by atoms with van der Waals surface area (Å²) in [6.07, 6.45) is 1.78. The first-order valence-corrected chi connectivity index (χ1v) is 9.05. The zero-order valence-electron chi connectivity index (χ0n) is 13.8. The number of aromatic hydroxyl groups is 1. The van der Waals surface area contributed by atoms with Crippen molar-refractivity contribution in [2.75, 3.05) is 32.6 Å². The molecule has 130 valence electrons. The first-order chi connectivity index (χ1) is 12.1. The SMILES string of the molecule is CSc1nc(-c2cc(CN3CCOCC3)ccc2O)c(C#N)c(=O)[nH]1. The lowest BCUT2D eigenvalue weighted by atomic mass is 10.0. The lowest BCUT2D eigenvalue weighted by Gasteiger charge is -2.26. The molecule has 1 aliphatic heterocycles. The van der Waals surface area contributed by atoms with Crippen LogP contribution >= 0.6 is 11.8 Å². The smallest absolute Gasteiger partial charge is 0.270 e. The normalized spacial score (nSPS) is 15.0. The fraction of sp³-hybridized carbons (Fsp3) is 0.353. The second-order valence-electron chi connectivity index (χ2n) is 5.65. The van der Waals surface area contributed by atoms with Crippen molar-refractivity contribution in [3.05, 3.63) is 39.7 Å². The monoisotopic (exact) mass is 358 g/mol. The van der Waals surface area contributed by atoms with Gasteiger partial charge in [-0.25, -0.2) is 4.98 Å². The van der Waals surface area contributed by atoms with Crippen LogP contribution in [0.3, 0.4) is 0 Å². The summed E-state index contributed by atoms with van der Waals surface area (Å²) in [5.41, 5.74) is 0.971. The molecule has 0 radical (unpaired) electrons. The summed E-state index contributed by atoms with van der Waals surface area (Å²) in [4.78, 5) is 21.2. The van der Waals surface area contributed by atoms with Gasteiger partial charge in [0.15, 0.2) is 5.16 Å². The summed E-state index contributed by atoms with van der Waals surface area (Å²) in [5.74, 6) is -0.00706. The molecule has 7 nitrogen and oxygen atoms in total. The van der Waals surface area contributed by atoms with Crippen molar-refractivity contribution in [3.63, 3.8) is 0 Å². The van der Waals surface area contributed by atoms with Gasteiger partial charge >= 0.3 is 0 Å². The number of hydrogen-bond acceptors (Lipinski definition) is 7. The zero-order chi connectivity index (χ0) is 17.8. The first kappa shape index (κ1) is 17.5. The summed E-state index contributed by atoms with van der Waals surface area (Å²) in [7, 11) is 0. The van der Waals surface area contributed by atoms with E-state index in [9.17, 15) is 15.2 Å². The third-order valence-corrected chi connectivity index (χ3v) is 4.61. The fourth-order valence-electron chi connectivity index (χ4n) is 2.74. The highest BCUT2D eigenvalue weighted by molar-refractivity contribution is 7.98. The zero-order valence-corrected chi connectivity index (χ0v) is 14.6. The number of hydrogen-bond donors (Lipinski definition) is 2. The third-order valence-electron chi connectivity index (χ3n) is 4.03. The van der Waals surface area contributed by atoms with Crippen molar-refractivity contribution in [1.29, 1.82) is 5.26 Å². The Morgan fingerprint density at radius 3 is 2.88 bits per heavy atom. The van der Waals surface area contributed by atoms with Crippen molar-refractivity contribution >= 4 is 11.8 Å². The molecule has 2 heterocycles. The number of morpholine rings is 1. The van der Waals surface area contributed by atoms with E-state index in [0.29, 0.717) is 30.5 Å². The van der Waals surface area contributed by atoms with E-state index in [4.69, 9.17) is 4.74 Å². The number of nitrogens with zero attached hydrogens (tertiary/aromatic N) is 3. The molecular formula is C17H18N4O3S. The van der Waals surface area contributed by atoms with Crippen LogP contribution in [0.5, 0.6) is 5.75 Å². The van der Waals surface area contributed by atoms with Gasteiger partial charge in [0.2, 0.25) is 0 Å². The fourth-order valence-corrected chi connectivity index (χ4v) is 3.11. The molecule has 0 atom stereocenters. The lowest BCUT2D eigenvalue weighted by Crippen LogP contribution is -2.35. The maximum Gasteiger partial charge on any atom is 0.270 e. The topological polar surface area (TPSA) is 102 Å². The van der Waals surface area contributed by atoms with Gasteiger partial charge in [-0.1, -0.05) is 17.8 Å². The van der Waals surface area contributed by atoms with Gasteiger partial charge in [-0.2, -0.15) is 5.26 Å². The Hall–Kier alpha value is -2.34. The van der Waals surface area contributed by atoms with E-state index >= 15 is 0 Å². The minimum atomic E-state index is -0.505. The van der Waals surface area contributed by atoms with Gasteiger partial charge in [-0.3, -0.25) is 9.69 Å². The predicted molar refractivity (Wildman–Crippen MR) is 94.6 cm³/mol. The number of aromatic nitrogens is 2. The van der Waals surface area contributed by atoms with Crippen LogP contribution in [0.25, 0.3) is 11.3 Å². The molecule has 8 heteroatoms. The number of rotatable bonds is 4. The molecule has 3 rings (SSSR count). The van der Waals surface area contributed by atoms with Crippen LogP contribution in [0.4, 0.5) is 0 Å². The van der Waals surface area contributed by atoms with Crippen molar-refractivity contribution < 1.29 is 9.84 Å². The Morgan fingerprint density at radius 2 is 2.20 bits per heavy atom. The maximum atomic E-state index is 12.1. The van der Waals surface area contributed by atoms with Gasteiger partial charge in [0.25, 0.3) is 5.56 Å². The van der Waals surface area contributed by atoms with E-state index in [1.54, 1.807) is 18.4 Å². The lowest BCUT2D eigenvalue weighted by molar-refractivity contribution is 0.0342. The average molecular weight is 358 g/mol.